The van der Waals surface area contributed by atoms with Crippen LogP contribution in [0.3, 0.4) is 0 Å². The van der Waals surface area contributed by atoms with Crippen molar-refractivity contribution in [2.75, 3.05) is 12.9 Å². The lowest BCUT2D eigenvalue weighted by Crippen LogP contribution is -2.56. The van der Waals surface area contributed by atoms with E-state index in [2.05, 4.69) is 17.3 Å². The summed E-state index contributed by atoms with van der Waals surface area (Å²) < 4.78 is 0. The number of hydrogen-bond acceptors (Lipinski definition) is 2. The molecule has 0 spiro atoms. The van der Waals surface area contributed by atoms with E-state index in [1.807, 2.05) is 13.8 Å². The summed E-state index contributed by atoms with van der Waals surface area (Å²) in [6.07, 6.45) is 6.08. The Labute approximate surface area is 115 Å². The van der Waals surface area contributed by atoms with Crippen LogP contribution in [0.5, 0.6) is 0 Å². The maximum Gasteiger partial charge on any atom is 0.227 e. The van der Waals surface area contributed by atoms with Crippen LogP contribution in [-0.2, 0) is 4.79 Å². The summed E-state index contributed by atoms with van der Waals surface area (Å²) in [6.45, 7) is 3.82. The molecular formula is C14H25ClN2O. The number of nitrogens with one attached hydrogen (secondary N) is 1. The highest BCUT2D eigenvalue weighted by atomic mass is 35.5. The second-order valence-corrected chi connectivity index (χ2v) is 6.83. The highest BCUT2D eigenvalue weighted by Crippen LogP contribution is 2.33. The quantitative estimate of drug-likeness (QED) is 0.800. The van der Waals surface area contributed by atoms with Crippen LogP contribution in [0.2, 0.25) is 0 Å². The van der Waals surface area contributed by atoms with Gasteiger partial charge in [-0.05, 0) is 46.6 Å². The highest BCUT2D eigenvalue weighted by Gasteiger charge is 2.38. The molecule has 2 bridgehead atoms. The van der Waals surface area contributed by atoms with E-state index in [-0.39, 0.29) is 5.91 Å². The van der Waals surface area contributed by atoms with Crippen molar-refractivity contribution in [2.24, 2.45) is 5.41 Å². The van der Waals surface area contributed by atoms with Crippen LogP contribution in [0.1, 0.15) is 46.0 Å². The van der Waals surface area contributed by atoms with Crippen LogP contribution in [0.25, 0.3) is 0 Å². The maximum absolute atomic E-state index is 12.2. The summed E-state index contributed by atoms with van der Waals surface area (Å²) in [5, 5.41) is 3.21. The molecule has 2 saturated heterocycles. The minimum absolute atomic E-state index is 0.102. The maximum atomic E-state index is 12.2. The number of rotatable bonds is 3. The van der Waals surface area contributed by atoms with Crippen molar-refractivity contribution in [1.29, 1.82) is 0 Å². The smallest absolute Gasteiger partial charge is 0.227 e. The first-order chi connectivity index (χ1) is 8.44. The summed E-state index contributed by atoms with van der Waals surface area (Å²) >= 11 is 5.86. The Morgan fingerprint density at radius 3 is 2.39 bits per heavy atom. The van der Waals surface area contributed by atoms with Gasteiger partial charge in [-0.3, -0.25) is 4.79 Å². The van der Waals surface area contributed by atoms with Crippen LogP contribution >= 0.6 is 11.6 Å². The third-order valence-corrected chi connectivity index (χ3v) is 5.29. The normalized spacial score (nSPS) is 33.2. The van der Waals surface area contributed by atoms with E-state index in [1.54, 1.807) is 0 Å². The fourth-order valence-corrected chi connectivity index (χ4v) is 3.30. The molecule has 0 radical (unpaired) electrons. The molecule has 0 aliphatic carbocycles. The van der Waals surface area contributed by atoms with Crippen LogP contribution in [0.4, 0.5) is 0 Å². The molecule has 104 valence electrons. The monoisotopic (exact) mass is 272 g/mol. The minimum atomic E-state index is -0.458. The first-order valence-corrected chi connectivity index (χ1v) is 7.56. The van der Waals surface area contributed by atoms with Gasteiger partial charge >= 0.3 is 0 Å². The average molecular weight is 273 g/mol. The number of carbonyl (C=O) groups is 1. The van der Waals surface area contributed by atoms with Gasteiger partial charge in [0.2, 0.25) is 5.91 Å². The molecule has 2 aliphatic rings. The lowest BCUT2D eigenvalue weighted by Gasteiger charge is -2.47. The fraction of sp³-hybridized carbons (Fsp3) is 0.929. The Hall–Kier alpha value is -0.280. The first kappa shape index (κ1) is 14.1. The molecule has 18 heavy (non-hydrogen) atoms. The van der Waals surface area contributed by atoms with E-state index in [0.29, 0.717) is 24.0 Å². The Morgan fingerprint density at radius 1 is 1.33 bits per heavy atom. The van der Waals surface area contributed by atoms with E-state index in [1.165, 1.54) is 19.3 Å². The lowest BCUT2D eigenvalue weighted by molar-refractivity contribution is -0.129. The van der Waals surface area contributed by atoms with Gasteiger partial charge in [-0.25, -0.2) is 0 Å². The van der Waals surface area contributed by atoms with Crippen LogP contribution in [-0.4, -0.2) is 41.9 Å². The first-order valence-electron chi connectivity index (χ1n) is 7.03. The van der Waals surface area contributed by atoms with Gasteiger partial charge in [0.1, 0.15) is 0 Å². The number of alkyl halides is 1. The predicted octanol–water partition coefficient (Wildman–Crippen LogP) is 2.38. The van der Waals surface area contributed by atoms with Crippen molar-refractivity contribution in [3.05, 3.63) is 0 Å². The van der Waals surface area contributed by atoms with Crippen molar-refractivity contribution in [1.82, 2.24) is 10.2 Å². The summed E-state index contributed by atoms with van der Waals surface area (Å²) in [5.41, 5.74) is -0.458. The van der Waals surface area contributed by atoms with Crippen LogP contribution in [0, 0.1) is 5.41 Å². The summed E-state index contributed by atoms with van der Waals surface area (Å²) in [6, 6.07) is 1.65. The van der Waals surface area contributed by atoms with E-state index in [0.717, 1.165) is 12.8 Å². The highest BCUT2D eigenvalue weighted by molar-refractivity contribution is 6.19. The Kier molecular flexibility index (Phi) is 4.22. The molecule has 0 saturated carbocycles. The number of nitrogens with zero attached hydrogens (tertiary/aromatic N) is 1. The zero-order valence-electron chi connectivity index (χ0n) is 11.7. The second-order valence-electron chi connectivity index (χ2n) is 6.56. The zero-order chi connectivity index (χ0) is 13.3. The third kappa shape index (κ3) is 2.83. The number of piperidine rings is 2. The van der Waals surface area contributed by atoms with Gasteiger partial charge in [0.25, 0.3) is 0 Å². The van der Waals surface area contributed by atoms with Gasteiger partial charge in [-0.1, -0.05) is 6.42 Å². The molecule has 2 rings (SSSR count). The lowest BCUT2D eigenvalue weighted by atomic mass is 9.82. The molecule has 1 amide bonds. The standard InChI is InChI=1S/C14H25ClN2O/c1-14(2,9-15)13(18)16-10-7-11-5-4-6-12(8-10)17(11)3/h10-12H,4-9H2,1-3H3,(H,16,18). The number of hydrogen-bond donors (Lipinski definition) is 1. The van der Waals surface area contributed by atoms with Crippen molar-refractivity contribution >= 4 is 17.5 Å². The van der Waals surface area contributed by atoms with Gasteiger partial charge < -0.3 is 10.2 Å². The van der Waals surface area contributed by atoms with E-state index in [4.69, 9.17) is 11.6 Å². The van der Waals surface area contributed by atoms with Gasteiger partial charge in [0.05, 0.1) is 5.41 Å². The summed E-state index contributed by atoms with van der Waals surface area (Å²) in [7, 11) is 2.23. The van der Waals surface area contributed by atoms with Crippen molar-refractivity contribution in [3.8, 4) is 0 Å². The molecule has 3 nitrogen and oxygen atoms in total. The molecule has 4 heteroatoms. The van der Waals surface area contributed by atoms with Gasteiger partial charge in [0.15, 0.2) is 0 Å². The van der Waals surface area contributed by atoms with Gasteiger partial charge in [-0.15, -0.1) is 11.6 Å². The topological polar surface area (TPSA) is 32.3 Å². The van der Waals surface area contributed by atoms with Crippen molar-refractivity contribution in [3.63, 3.8) is 0 Å². The Balaban J connectivity index is 1.94. The molecule has 2 heterocycles. The SMILES string of the molecule is CN1C2CCCC1CC(NC(=O)C(C)(C)CCl)C2. The van der Waals surface area contributed by atoms with Gasteiger partial charge in [0, 0.05) is 24.0 Å². The zero-order valence-corrected chi connectivity index (χ0v) is 12.5. The largest absolute Gasteiger partial charge is 0.353 e. The van der Waals surface area contributed by atoms with Crippen molar-refractivity contribution in [2.45, 2.75) is 64.1 Å². The van der Waals surface area contributed by atoms with E-state index >= 15 is 0 Å². The Morgan fingerprint density at radius 2 is 1.89 bits per heavy atom. The number of amides is 1. The number of carbonyl (C=O) groups excluding carboxylic acids is 1. The molecule has 2 aliphatic heterocycles. The average Bonchev–Trinajstić information content (AvgIpc) is 2.30. The molecule has 0 aromatic rings. The number of fused-ring (bicyclic) bond motifs is 2. The molecule has 2 atom stereocenters. The van der Waals surface area contributed by atoms with Crippen molar-refractivity contribution < 1.29 is 4.79 Å². The molecule has 0 aromatic carbocycles. The summed E-state index contributed by atoms with van der Waals surface area (Å²) in [4.78, 5) is 14.7. The fourth-order valence-electron chi connectivity index (χ4n) is 3.18. The van der Waals surface area contributed by atoms with Gasteiger partial charge in [-0.2, -0.15) is 0 Å². The molecule has 2 fully saturated rings. The molecule has 1 N–H and O–H groups in total. The Bertz CT molecular complexity index is 305. The second kappa shape index (κ2) is 5.38. The third-order valence-electron chi connectivity index (χ3n) is 4.62. The predicted molar refractivity (Wildman–Crippen MR) is 74.9 cm³/mol. The van der Waals surface area contributed by atoms with Crippen LogP contribution in [0.15, 0.2) is 0 Å². The number of halogens is 1. The molecule has 2 unspecified atom stereocenters. The van der Waals surface area contributed by atoms with E-state index < -0.39 is 5.41 Å². The molecular weight excluding hydrogens is 248 g/mol. The minimum Gasteiger partial charge on any atom is -0.353 e. The van der Waals surface area contributed by atoms with Crippen LogP contribution < -0.4 is 5.32 Å². The summed E-state index contributed by atoms with van der Waals surface area (Å²) in [5.74, 6) is 0.475. The van der Waals surface area contributed by atoms with E-state index in [9.17, 15) is 4.79 Å². The molecule has 0 aromatic heterocycles.